The fourth-order valence-electron chi connectivity index (χ4n) is 2.56. The quantitative estimate of drug-likeness (QED) is 0.851. The van der Waals surface area contributed by atoms with Gasteiger partial charge in [0.2, 0.25) is 0 Å². The number of hydrogen-bond acceptors (Lipinski definition) is 5. The second-order valence-corrected chi connectivity index (χ2v) is 5.43. The summed E-state index contributed by atoms with van der Waals surface area (Å²) in [4.78, 5) is 18.7. The number of nitrogens with zero attached hydrogens (tertiary/aromatic N) is 2. The van der Waals surface area contributed by atoms with Gasteiger partial charge in [-0.05, 0) is 18.9 Å². The van der Waals surface area contributed by atoms with Crippen molar-refractivity contribution in [3.05, 3.63) is 47.9 Å². The van der Waals surface area contributed by atoms with Gasteiger partial charge in [0.15, 0.2) is 5.69 Å². The van der Waals surface area contributed by atoms with Crippen LogP contribution in [0, 0.1) is 0 Å². The second kappa shape index (κ2) is 5.63. The topological polar surface area (TPSA) is 84.3 Å². The van der Waals surface area contributed by atoms with Gasteiger partial charge < -0.3 is 15.2 Å². The summed E-state index contributed by atoms with van der Waals surface area (Å²) in [6.07, 6.45) is 4.87. The molecule has 1 aliphatic carbocycles. The third-order valence-electron chi connectivity index (χ3n) is 4.01. The van der Waals surface area contributed by atoms with E-state index < -0.39 is 5.97 Å². The van der Waals surface area contributed by atoms with Crippen LogP contribution in [0.3, 0.4) is 0 Å². The highest BCUT2D eigenvalue weighted by Crippen LogP contribution is 2.51. The SMILES string of the molecule is COc1ccccc1C1(CNc2cnc(C(=O)O)cn2)CC1. The standard InChI is InChI=1S/C16H17N3O3/c1-22-13-5-3-2-4-11(13)16(6-7-16)10-19-14-9-17-12(8-18-14)15(20)21/h2-5,8-9H,6-7,10H2,1H3,(H,18,19)(H,20,21). The van der Waals surface area contributed by atoms with Crippen molar-refractivity contribution in [1.29, 1.82) is 0 Å². The van der Waals surface area contributed by atoms with Crippen molar-refractivity contribution in [1.82, 2.24) is 9.97 Å². The van der Waals surface area contributed by atoms with Gasteiger partial charge in [-0.1, -0.05) is 18.2 Å². The highest BCUT2D eigenvalue weighted by Gasteiger charge is 2.45. The molecule has 0 radical (unpaired) electrons. The number of nitrogens with one attached hydrogen (secondary N) is 1. The molecule has 2 N–H and O–H groups in total. The van der Waals surface area contributed by atoms with E-state index in [0.29, 0.717) is 12.4 Å². The van der Waals surface area contributed by atoms with Crippen LogP contribution in [-0.4, -0.2) is 34.7 Å². The lowest BCUT2D eigenvalue weighted by Gasteiger charge is -2.19. The number of ether oxygens (including phenoxy) is 1. The number of carboxylic acid groups (broad SMARTS) is 1. The van der Waals surface area contributed by atoms with E-state index in [-0.39, 0.29) is 11.1 Å². The minimum Gasteiger partial charge on any atom is -0.496 e. The maximum atomic E-state index is 10.8. The molecule has 1 aliphatic rings. The number of carbonyl (C=O) groups is 1. The van der Waals surface area contributed by atoms with Crippen LogP contribution in [0.25, 0.3) is 0 Å². The van der Waals surface area contributed by atoms with Gasteiger partial charge >= 0.3 is 5.97 Å². The Kier molecular flexibility index (Phi) is 3.66. The van der Waals surface area contributed by atoms with Crippen molar-refractivity contribution < 1.29 is 14.6 Å². The number of benzene rings is 1. The molecule has 1 saturated carbocycles. The molecule has 3 rings (SSSR count). The monoisotopic (exact) mass is 299 g/mol. The zero-order valence-electron chi connectivity index (χ0n) is 12.2. The highest BCUT2D eigenvalue weighted by atomic mass is 16.5. The molecule has 1 aromatic heterocycles. The highest BCUT2D eigenvalue weighted by molar-refractivity contribution is 5.84. The molecule has 114 valence electrons. The smallest absolute Gasteiger partial charge is 0.356 e. The van der Waals surface area contributed by atoms with E-state index in [4.69, 9.17) is 9.84 Å². The van der Waals surface area contributed by atoms with Crippen molar-refractivity contribution in [2.24, 2.45) is 0 Å². The van der Waals surface area contributed by atoms with Crippen molar-refractivity contribution >= 4 is 11.8 Å². The third-order valence-corrected chi connectivity index (χ3v) is 4.01. The van der Waals surface area contributed by atoms with E-state index in [9.17, 15) is 4.79 Å². The van der Waals surface area contributed by atoms with E-state index in [2.05, 4.69) is 21.4 Å². The normalized spacial score (nSPS) is 15.1. The van der Waals surface area contributed by atoms with Gasteiger partial charge in [-0.25, -0.2) is 14.8 Å². The van der Waals surface area contributed by atoms with Crippen molar-refractivity contribution in [2.45, 2.75) is 18.3 Å². The summed E-state index contributed by atoms with van der Waals surface area (Å²) >= 11 is 0. The van der Waals surface area contributed by atoms with E-state index in [1.165, 1.54) is 18.0 Å². The average Bonchev–Trinajstić information content (AvgIpc) is 3.34. The van der Waals surface area contributed by atoms with Gasteiger partial charge in [-0.3, -0.25) is 0 Å². The zero-order chi connectivity index (χ0) is 15.6. The predicted molar refractivity (Wildman–Crippen MR) is 81.4 cm³/mol. The molecule has 1 heterocycles. The van der Waals surface area contributed by atoms with Gasteiger partial charge in [-0.2, -0.15) is 0 Å². The van der Waals surface area contributed by atoms with Crippen LogP contribution in [0.5, 0.6) is 5.75 Å². The van der Waals surface area contributed by atoms with E-state index >= 15 is 0 Å². The number of para-hydroxylation sites is 1. The van der Waals surface area contributed by atoms with Crippen molar-refractivity contribution in [3.63, 3.8) is 0 Å². The van der Waals surface area contributed by atoms with Crippen molar-refractivity contribution in [2.75, 3.05) is 19.0 Å². The average molecular weight is 299 g/mol. The fourth-order valence-corrected chi connectivity index (χ4v) is 2.56. The lowest BCUT2D eigenvalue weighted by Crippen LogP contribution is -2.21. The first kappa shape index (κ1) is 14.3. The molecular weight excluding hydrogens is 282 g/mol. The first-order valence-electron chi connectivity index (χ1n) is 7.07. The van der Waals surface area contributed by atoms with E-state index in [1.54, 1.807) is 7.11 Å². The second-order valence-electron chi connectivity index (χ2n) is 5.43. The van der Waals surface area contributed by atoms with Crippen LogP contribution in [0.2, 0.25) is 0 Å². The van der Waals surface area contributed by atoms with Gasteiger partial charge in [0, 0.05) is 17.5 Å². The Morgan fingerprint density at radius 1 is 1.32 bits per heavy atom. The van der Waals surface area contributed by atoms with Crippen LogP contribution in [0.1, 0.15) is 28.9 Å². The molecule has 1 aromatic carbocycles. The molecule has 0 amide bonds. The lowest BCUT2D eigenvalue weighted by molar-refractivity contribution is 0.0690. The molecular formula is C16H17N3O3. The minimum absolute atomic E-state index is 0.0553. The summed E-state index contributed by atoms with van der Waals surface area (Å²) in [6.45, 7) is 0.717. The molecule has 0 spiro atoms. The summed E-state index contributed by atoms with van der Waals surface area (Å²) in [5, 5.41) is 12.1. The Balaban J connectivity index is 1.72. The summed E-state index contributed by atoms with van der Waals surface area (Å²) in [5.41, 5.74) is 1.19. The van der Waals surface area contributed by atoms with Crippen LogP contribution >= 0.6 is 0 Å². The van der Waals surface area contributed by atoms with E-state index in [0.717, 1.165) is 18.6 Å². The summed E-state index contributed by atoms with van der Waals surface area (Å²) in [5.74, 6) is 0.395. The lowest BCUT2D eigenvalue weighted by atomic mass is 9.95. The van der Waals surface area contributed by atoms with Crippen LogP contribution in [0.4, 0.5) is 5.82 Å². The Bertz CT molecular complexity index is 681. The third kappa shape index (κ3) is 2.72. The maximum absolute atomic E-state index is 10.8. The van der Waals surface area contributed by atoms with Crippen LogP contribution < -0.4 is 10.1 Å². The largest absolute Gasteiger partial charge is 0.496 e. The van der Waals surface area contributed by atoms with Gasteiger partial charge in [0.25, 0.3) is 0 Å². The molecule has 6 heteroatoms. The number of hydrogen-bond donors (Lipinski definition) is 2. The minimum atomic E-state index is -1.08. The molecule has 0 aliphatic heterocycles. The molecule has 6 nitrogen and oxygen atoms in total. The first-order chi connectivity index (χ1) is 10.6. The number of anilines is 1. The molecule has 0 unspecified atom stereocenters. The molecule has 1 fully saturated rings. The Morgan fingerprint density at radius 3 is 2.68 bits per heavy atom. The van der Waals surface area contributed by atoms with Gasteiger partial charge in [0.05, 0.1) is 19.5 Å². The number of carboxylic acids is 1. The number of aromatic nitrogens is 2. The van der Waals surface area contributed by atoms with E-state index in [1.807, 2.05) is 18.2 Å². The molecule has 0 saturated heterocycles. The van der Waals surface area contributed by atoms with Crippen molar-refractivity contribution in [3.8, 4) is 5.75 Å². The predicted octanol–water partition coefficient (Wildman–Crippen LogP) is 2.33. The van der Waals surface area contributed by atoms with Crippen LogP contribution in [0.15, 0.2) is 36.7 Å². The Morgan fingerprint density at radius 2 is 2.09 bits per heavy atom. The number of methoxy groups -OCH3 is 1. The van der Waals surface area contributed by atoms with Gasteiger partial charge in [-0.15, -0.1) is 0 Å². The summed E-state index contributed by atoms with van der Waals surface area (Å²) < 4.78 is 5.44. The molecule has 2 aromatic rings. The number of aromatic carboxylic acids is 1. The zero-order valence-corrected chi connectivity index (χ0v) is 12.2. The first-order valence-corrected chi connectivity index (χ1v) is 7.07. The van der Waals surface area contributed by atoms with Gasteiger partial charge in [0.1, 0.15) is 11.6 Å². The fraction of sp³-hybridized carbons (Fsp3) is 0.312. The molecule has 0 bridgehead atoms. The molecule has 0 atom stereocenters. The van der Waals surface area contributed by atoms with Crippen LogP contribution in [-0.2, 0) is 5.41 Å². The summed E-state index contributed by atoms with van der Waals surface area (Å²) in [7, 11) is 1.68. The summed E-state index contributed by atoms with van der Waals surface area (Å²) in [6, 6.07) is 8.03. The Labute approximate surface area is 128 Å². The number of rotatable bonds is 6. The molecule has 22 heavy (non-hydrogen) atoms. The maximum Gasteiger partial charge on any atom is 0.356 e. The Hall–Kier alpha value is -2.63.